The third-order valence-electron chi connectivity index (χ3n) is 1.24. The lowest BCUT2D eigenvalue weighted by Crippen LogP contribution is -2.20. The van der Waals surface area contributed by atoms with E-state index >= 15 is 0 Å². The fourth-order valence-corrected chi connectivity index (χ4v) is 0.832. The summed E-state index contributed by atoms with van der Waals surface area (Å²) in [4.78, 5) is 0. The fraction of sp³-hybridized carbons (Fsp3) is 0.429. The highest BCUT2D eigenvalue weighted by Gasteiger charge is 2.00. The molecule has 4 heteroatoms. The summed E-state index contributed by atoms with van der Waals surface area (Å²) in [7, 11) is 0. The minimum absolute atomic E-state index is 0.109. The molecular formula is C7H13N3O. The van der Waals surface area contributed by atoms with Gasteiger partial charge in [-0.25, -0.2) is 0 Å². The van der Waals surface area contributed by atoms with E-state index in [1.54, 1.807) is 10.9 Å². The van der Waals surface area contributed by atoms with Gasteiger partial charge in [-0.05, 0) is 13.8 Å². The van der Waals surface area contributed by atoms with Gasteiger partial charge >= 0.3 is 0 Å². The van der Waals surface area contributed by atoms with Crippen LogP contribution in [0.15, 0.2) is 12.4 Å². The monoisotopic (exact) mass is 155 g/mol. The second kappa shape index (κ2) is 2.74. The molecule has 0 spiro atoms. The number of nitrogens with two attached hydrogens (primary N) is 1. The number of anilines is 1. The minimum Gasteiger partial charge on any atom is -0.504 e. The van der Waals surface area contributed by atoms with Crippen molar-refractivity contribution in [2.75, 3.05) is 11.2 Å². The van der Waals surface area contributed by atoms with E-state index in [0.29, 0.717) is 11.7 Å². The van der Waals surface area contributed by atoms with Gasteiger partial charge in [-0.1, -0.05) is 0 Å². The average Bonchev–Trinajstić information content (AvgIpc) is 2.10. The van der Waals surface area contributed by atoms with E-state index in [1.807, 2.05) is 13.8 Å². The van der Waals surface area contributed by atoms with E-state index in [-0.39, 0.29) is 5.75 Å². The number of rotatable bonds is 2. The smallest absolute Gasteiger partial charge is 0.158 e. The first-order chi connectivity index (χ1) is 5.09. The number of nitrogens with zero attached hydrogens (tertiary/aromatic N) is 1. The van der Waals surface area contributed by atoms with Crippen molar-refractivity contribution in [2.24, 2.45) is 0 Å². The maximum absolute atomic E-state index is 9.07. The molecular weight excluding hydrogens is 142 g/mol. The summed E-state index contributed by atoms with van der Waals surface area (Å²) in [5, 5.41) is 9.07. The Kier molecular flexibility index (Phi) is 1.94. The van der Waals surface area contributed by atoms with Crippen LogP contribution < -0.4 is 11.2 Å². The predicted molar refractivity (Wildman–Crippen MR) is 45.0 cm³/mol. The van der Waals surface area contributed by atoms with E-state index in [2.05, 4.69) is 5.43 Å². The van der Waals surface area contributed by atoms with Crippen molar-refractivity contribution < 1.29 is 5.11 Å². The number of aromatic hydroxyl groups is 1. The van der Waals surface area contributed by atoms with Crippen molar-refractivity contribution in [3.63, 3.8) is 0 Å². The van der Waals surface area contributed by atoms with Gasteiger partial charge in [0.2, 0.25) is 0 Å². The maximum Gasteiger partial charge on any atom is 0.158 e. The van der Waals surface area contributed by atoms with Gasteiger partial charge in [-0.3, -0.25) is 4.68 Å². The zero-order valence-electron chi connectivity index (χ0n) is 6.70. The zero-order chi connectivity index (χ0) is 8.43. The van der Waals surface area contributed by atoms with Gasteiger partial charge in [-0.15, -0.1) is 0 Å². The van der Waals surface area contributed by atoms with Gasteiger partial charge in [0.15, 0.2) is 5.75 Å². The van der Waals surface area contributed by atoms with Crippen LogP contribution in [-0.2, 0) is 0 Å². The Labute approximate surface area is 65.6 Å². The van der Waals surface area contributed by atoms with Gasteiger partial charge in [-0.2, -0.15) is 0 Å². The largest absolute Gasteiger partial charge is 0.504 e. The highest BCUT2D eigenvalue weighted by Crippen LogP contribution is 2.18. The van der Waals surface area contributed by atoms with Crippen LogP contribution in [-0.4, -0.2) is 15.8 Å². The van der Waals surface area contributed by atoms with Crippen LogP contribution in [0.1, 0.15) is 13.8 Å². The predicted octanol–water partition coefficient (Wildman–Crippen LogP) is 0.728. The minimum atomic E-state index is 0.109. The second-order valence-corrected chi connectivity index (χ2v) is 2.79. The Hall–Kier alpha value is -1.32. The summed E-state index contributed by atoms with van der Waals surface area (Å²) < 4.78 is 1.65. The topological polar surface area (TPSA) is 63.2 Å². The lowest BCUT2D eigenvalue weighted by Gasteiger charge is -2.09. The summed E-state index contributed by atoms with van der Waals surface area (Å²) in [6.07, 6.45) is 3.17. The molecule has 4 nitrogen and oxygen atoms in total. The standard InChI is InChI=1S/C7H13N3O/c1-5(2)9-10-3-6(8)7(11)4-10/h3-5,9,11H,8H2,1-2H3. The van der Waals surface area contributed by atoms with Gasteiger partial charge in [0.1, 0.15) is 0 Å². The zero-order valence-corrected chi connectivity index (χ0v) is 6.70. The van der Waals surface area contributed by atoms with E-state index in [0.717, 1.165) is 0 Å². The molecule has 0 aliphatic rings. The number of hydrogen-bond donors (Lipinski definition) is 3. The van der Waals surface area contributed by atoms with Crippen molar-refractivity contribution in [3.8, 4) is 5.75 Å². The maximum atomic E-state index is 9.07. The Morgan fingerprint density at radius 3 is 2.55 bits per heavy atom. The molecule has 1 aromatic rings. The van der Waals surface area contributed by atoms with Crippen LogP contribution in [0.5, 0.6) is 5.75 Å². The highest BCUT2D eigenvalue weighted by atomic mass is 16.3. The number of nitrogens with one attached hydrogen (secondary N) is 1. The molecule has 0 aliphatic heterocycles. The molecule has 0 amide bonds. The molecule has 1 rings (SSSR count). The molecule has 1 aromatic heterocycles. The Balaban J connectivity index is 2.73. The molecule has 0 aliphatic carbocycles. The molecule has 11 heavy (non-hydrogen) atoms. The lowest BCUT2D eigenvalue weighted by atomic mass is 10.4. The van der Waals surface area contributed by atoms with Gasteiger partial charge < -0.3 is 16.3 Å². The summed E-state index contributed by atoms with van der Waals surface area (Å²) in [5.41, 5.74) is 8.84. The van der Waals surface area contributed by atoms with Crippen molar-refractivity contribution in [3.05, 3.63) is 12.4 Å². The molecule has 0 saturated heterocycles. The fourth-order valence-electron chi connectivity index (χ4n) is 0.832. The van der Waals surface area contributed by atoms with Gasteiger partial charge in [0, 0.05) is 6.04 Å². The first-order valence-corrected chi connectivity index (χ1v) is 3.52. The average molecular weight is 155 g/mol. The molecule has 1 heterocycles. The van der Waals surface area contributed by atoms with E-state index in [4.69, 9.17) is 10.8 Å². The van der Waals surface area contributed by atoms with E-state index < -0.39 is 0 Å². The summed E-state index contributed by atoms with van der Waals surface area (Å²) in [6.45, 7) is 4.01. The molecule has 62 valence electrons. The van der Waals surface area contributed by atoms with Gasteiger partial charge in [0.25, 0.3) is 0 Å². The van der Waals surface area contributed by atoms with Crippen LogP contribution in [0.4, 0.5) is 5.69 Å². The highest BCUT2D eigenvalue weighted by molar-refractivity contribution is 5.49. The van der Waals surface area contributed by atoms with Crippen molar-refractivity contribution >= 4 is 5.69 Å². The molecule has 0 radical (unpaired) electrons. The summed E-state index contributed by atoms with van der Waals surface area (Å²) >= 11 is 0. The summed E-state index contributed by atoms with van der Waals surface area (Å²) in [6, 6.07) is 0.321. The Bertz CT molecular complexity index is 222. The SMILES string of the molecule is CC(C)Nn1cc(N)c(O)c1. The van der Waals surface area contributed by atoms with Crippen molar-refractivity contribution in [1.29, 1.82) is 0 Å². The van der Waals surface area contributed by atoms with Crippen LogP contribution in [0.25, 0.3) is 0 Å². The van der Waals surface area contributed by atoms with Crippen LogP contribution >= 0.6 is 0 Å². The Morgan fingerprint density at radius 2 is 2.18 bits per heavy atom. The summed E-state index contributed by atoms with van der Waals surface area (Å²) in [5.74, 6) is 0.109. The Morgan fingerprint density at radius 1 is 1.55 bits per heavy atom. The molecule has 0 aromatic carbocycles. The molecule has 0 saturated carbocycles. The van der Waals surface area contributed by atoms with Crippen molar-refractivity contribution in [2.45, 2.75) is 19.9 Å². The lowest BCUT2D eigenvalue weighted by molar-refractivity contribution is 0.476. The normalized spacial score (nSPS) is 10.5. The second-order valence-electron chi connectivity index (χ2n) is 2.79. The number of aromatic nitrogens is 1. The van der Waals surface area contributed by atoms with Crippen molar-refractivity contribution in [1.82, 2.24) is 4.68 Å². The molecule has 0 atom stereocenters. The van der Waals surface area contributed by atoms with Crippen LogP contribution in [0.2, 0.25) is 0 Å². The molecule has 0 unspecified atom stereocenters. The third-order valence-corrected chi connectivity index (χ3v) is 1.24. The number of nitrogen functional groups attached to an aromatic ring is 1. The molecule has 4 N–H and O–H groups in total. The van der Waals surface area contributed by atoms with E-state index in [9.17, 15) is 0 Å². The first-order valence-electron chi connectivity index (χ1n) is 3.52. The quantitative estimate of drug-likeness (QED) is 0.590. The first kappa shape index (κ1) is 7.78. The van der Waals surface area contributed by atoms with Gasteiger partial charge in [0.05, 0.1) is 18.1 Å². The van der Waals surface area contributed by atoms with Crippen LogP contribution in [0, 0.1) is 0 Å². The van der Waals surface area contributed by atoms with Crippen LogP contribution in [0.3, 0.4) is 0 Å². The third kappa shape index (κ3) is 1.80. The number of hydrogen-bond acceptors (Lipinski definition) is 3. The van der Waals surface area contributed by atoms with E-state index in [1.165, 1.54) is 6.20 Å². The molecule has 0 bridgehead atoms. The molecule has 0 fully saturated rings.